The van der Waals surface area contributed by atoms with E-state index < -0.39 is 0 Å². The van der Waals surface area contributed by atoms with Crippen LogP contribution >= 0.6 is 0 Å². The number of hydrogen-bond acceptors (Lipinski definition) is 2. The molecular weight excluding hydrogens is 337 g/mol. The molecule has 136 valence electrons. The molecule has 0 spiro atoms. The fourth-order valence-corrected chi connectivity index (χ4v) is 3.16. The highest BCUT2D eigenvalue weighted by Crippen LogP contribution is 2.16. The van der Waals surface area contributed by atoms with Gasteiger partial charge < -0.3 is 4.57 Å². The van der Waals surface area contributed by atoms with Crippen molar-refractivity contribution < 1.29 is 4.39 Å². The minimum absolute atomic E-state index is 0.192. The normalized spacial score (nSPS) is 10.7. The van der Waals surface area contributed by atoms with Crippen LogP contribution in [0, 0.1) is 17.1 Å². The molecule has 0 unspecified atom stereocenters. The van der Waals surface area contributed by atoms with Gasteiger partial charge in [0.1, 0.15) is 5.82 Å². The van der Waals surface area contributed by atoms with Gasteiger partial charge in [0.2, 0.25) is 0 Å². The van der Waals surface area contributed by atoms with Crippen molar-refractivity contribution in [2.24, 2.45) is 0 Å². The van der Waals surface area contributed by atoms with Crippen LogP contribution in [-0.4, -0.2) is 16.0 Å². The number of aromatic nitrogens is 1. The summed E-state index contributed by atoms with van der Waals surface area (Å²) in [5.74, 6) is -0.192. The first kappa shape index (κ1) is 18.6. The van der Waals surface area contributed by atoms with Gasteiger partial charge in [-0.25, -0.2) is 4.39 Å². The van der Waals surface area contributed by atoms with E-state index in [1.807, 2.05) is 60.8 Å². The molecule has 0 atom stereocenters. The Morgan fingerprint density at radius 2 is 1.74 bits per heavy atom. The number of rotatable bonds is 8. The second-order valence-corrected chi connectivity index (χ2v) is 6.45. The maximum Gasteiger partial charge on any atom is 0.128 e. The van der Waals surface area contributed by atoms with Crippen LogP contribution < -0.4 is 0 Å². The quantitative estimate of drug-likeness (QED) is 0.544. The summed E-state index contributed by atoms with van der Waals surface area (Å²) in [7, 11) is 0. The lowest BCUT2D eigenvalue weighted by atomic mass is 10.1. The van der Waals surface area contributed by atoms with E-state index in [0.717, 1.165) is 11.3 Å². The first-order valence-electron chi connectivity index (χ1n) is 8.90. The average molecular weight is 359 g/mol. The van der Waals surface area contributed by atoms with Crippen molar-refractivity contribution in [1.82, 2.24) is 9.47 Å². The van der Waals surface area contributed by atoms with Crippen LogP contribution in [0.4, 0.5) is 4.39 Å². The van der Waals surface area contributed by atoms with Crippen LogP contribution in [0.2, 0.25) is 0 Å². The Balaban J connectivity index is 1.78. The van der Waals surface area contributed by atoms with Crippen molar-refractivity contribution in [2.45, 2.75) is 19.6 Å². The lowest BCUT2D eigenvalue weighted by molar-refractivity contribution is 0.278. The van der Waals surface area contributed by atoms with Gasteiger partial charge in [0.25, 0.3) is 0 Å². The fourth-order valence-electron chi connectivity index (χ4n) is 3.16. The van der Waals surface area contributed by atoms with Crippen LogP contribution in [0.5, 0.6) is 0 Å². The molecule has 4 heteroatoms. The summed E-state index contributed by atoms with van der Waals surface area (Å²) >= 11 is 0. The van der Waals surface area contributed by atoms with Crippen molar-refractivity contribution in [3.63, 3.8) is 0 Å². The third-order valence-corrected chi connectivity index (χ3v) is 4.53. The zero-order valence-corrected chi connectivity index (χ0v) is 15.2. The molecule has 3 aromatic rings. The summed E-state index contributed by atoms with van der Waals surface area (Å²) in [6.07, 6.45) is 3.83. The Bertz CT molecular complexity index is 952. The highest BCUT2D eigenvalue weighted by atomic mass is 19.1. The third kappa shape index (κ3) is 4.72. The van der Waals surface area contributed by atoms with E-state index in [9.17, 15) is 9.65 Å². The first-order chi connectivity index (χ1) is 13.2. The van der Waals surface area contributed by atoms with E-state index >= 15 is 0 Å². The number of nitriles is 1. The molecule has 0 saturated carbocycles. The number of nitrogens with zero attached hydrogens (tertiary/aromatic N) is 3. The van der Waals surface area contributed by atoms with Gasteiger partial charge >= 0.3 is 0 Å². The second kappa shape index (κ2) is 8.98. The smallest absolute Gasteiger partial charge is 0.128 e. The van der Waals surface area contributed by atoms with Crippen LogP contribution in [0.3, 0.4) is 0 Å². The van der Waals surface area contributed by atoms with Crippen LogP contribution in [-0.2, 0) is 19.6 Å². The molecule has 0 saturated heterocycles. The molecule has 0 bridgehead atoms. The average Bonchev–Trinajstić information content (AvgIpc) is 3.11. The van der Waals surface area contributed by atoms with E-state index in [4.69, 9.17) is 0 Å². The van der Waals surface area contributed by atoms with Crippen molar-refractivity contribution in [2.75, 3.05) is 6.54 Å². The fraction of sp³-hybridized carbons (Fsp3) is 0.174. The Labute approximate surface area is 159 Å². The largest absolute Gasteiger partial charge is 0.346 e. The highest BCUT2D eigenvalue weighted by molar-refractivity contribution is 5.37. The number of halogens is 1. The topological polar surface area (TPSA) is 32.0 Å². The van der Waals surface area contributed by atoms with Crippen molar-refractivity contribution in [1.29, 1.82) is 5.26 Å². The van der Waals surface area contributed by atoms with Gasteiger partial charge in [-0.15, -0.1) is 6.58 Å². The third-order valence-electron chi connectivity index (χ3n) is 4.53. The maximum atomic E-state index is 14.0. The number of hydrogen-bond donors (Lipinski definition) is 0. The van der Waals surface area contributed by atoms with Crippen LogP contribution in [0.25, 0.3) is 0 Å². The van der Waals surface area contributed by atoms with Crippen molar-refractivity contribution in [3.8, 4) is 6.07 Å². The Kier molecular flexibility index (Phi) is 6.19. The molecule has 0 amide bonds. The van der Waals surface area contributed by atoms with E-state index in [1.165, 1.54) is 6.07 Å². The van der Waals surface area contributed by atoms with Crippen LogP contribution in [0.15, 0.2) is 79.5 Å². The molecule has 3 rings (SSSR count). The summed E-state index contributed by atoms with van der Waals surface area (Å²) in [5.41, 5.74) is 3.44. The molecule has 0 aliphatic rings. The summed E-state index contributed by atoms with van der Waals surface area (Å²) in [6.45, 7) is 6.38. The van der Waals surface area contributed by atoms with Gasteiger partial charge in [-0.2, -0.15) is 5.26 Å². The Morgan fingerprint density at radius 1 is 1.00 bits per heavy atom. The summed E-state index contributed by atoms with van der Waals surface area (Å²) in [4.78, 5) is 2.22. The lowest BCUT2D eigenvalue weighted by Crippen LogP contribution is -2.25. The van der Waals surface area contributed by atoms with E-state index in [0.29, 0.717) is 37.3 Å². The zero-order valence-electron chi connectivity index (χ0n) is 15.2. The van der Waals surface area contributed by atoms with Gasteiger partial charge in [0.15, 0.2) is 0 Å². The SMILES string of the molecule is C=CCN(Cc1ccccc1C#N)Cc1cccn1Cc1ccccc1F. The molecule has 0 radical (unpaired) electrons. The van der Waals surface area contributed by atoms with Gasteiger partial charge in [-0.1, -0.05) is 42.5 Å². The van der Waals surface area contributed by atoms with Crippen LogP contribution in [0.1, 0.15) is 22.4 Å². The Hall–Kier alpha value is -3.16. The Morgan fingerprint density at radius 3 is 2.48 bits per heavy atom. The molecule has 0 aliphatic carbocycles. The maximum absolute atomic E-state index is 14.0. The molecule has 0 N–H and O–H groups in total. The van der Waals surface area contributed by atoms with E-state index in [1.54, 1.807) is 6.07 Å². The molecule has 1 heterocycles. The lowest BCUT2D eigenvalue weighted by Gasteiger charge is -2.22. The molecular formula is C23H22FN3. The van der Waals surface area contributed by atoms with E-state index in [-0.39, 0.29) is 5.82 Å². The predicted molar refractivity (Wildman–Crippen MR) is 105 cm³/mol. The zero-order chi connectivity index (χ0) is 19.1. The molecule has 2 aromatic carbocycles. The van der Waals surface area contributed by atoms with Gasteiger partial charge in [0.05, 0.1) is 18.2 Å². The molecule has 3 nitrogen and oxygen atoms in total. The summed E-state index contributed by atoms with van der Waals surface area (Å²) < 4.78 is 16.1. The molecule has 0 fully saturated rings. The van der Waals surface area contributed by atoms with Gasteiger partial charge in [-0.05, 0) is 29.8 Å². The number of benzene rings is 2. The second-order valence-electron chi connectivity index (χ2n) is 6.45. The molecule has 27 heavy (non-hydrogen) atoms. The molecule has 1 aromatic heterocycles. The molecule has 0 aliphatic heterocycles. The minimum atomic E-state index is -0.192. The summed E-state index contributed by atoms with van der Waals surface area (Å²) in [6, 6.07) is 20.8. The summed E-state index contributed by atoms with van der Waals surface area (Å²) in [5, 5.41) is 9.32. The first-order valence-corrected chi connectivity index (χ1v) is 8.90. The van der Waals surface area contributed by atoms with Crippen molar-refractivity contribution in [3.05, 3.63) is 108 Å². The van der Waals surface area contributed by atoms with Crippen molar-refractivity contribution >= 4 is 0 Å². The highest BCUT2D eigenvalue weighted by Gasteiger charge is 2.12. The van der Waals surface area contributed by atoms with Gasteiger partial charge in [0, 0.05) is 37.1 Å². The predicted octanol–water partition coefficient (Wildman–Crippen LogP) is 4.74. The monoisotopic (exact) mass is 359 g/mol. The van der Waals surface area contributed by atoms with E-state index in [2.05, 4.69) is 22.1 Å². The standard InChI is InChI=1S/C23H22FN3/c1-2-13-26(16-20-9-4-3-8-19(20)15-25)18-22-11-7-14-27(22)17-21-10-5-6-12-23(21)24/h2-12,14H,1,13,16-18H2. The van der Waals surface area contributed by atoms with Gasteiger partial charge in [-0.3, -0.25) is 4.90 Å². The minimum Gasteiger partial charge on any atom is -0.346 e.